The number of benzene rings is 2. The molecule has 0 radical (unpaired) electrons. The Morgan fingerprint density at radius 1 is 1.21 bits per heavy atom. The minimum atomic E-state index is -0.988. The third kappa shape index (κ3) is 6.22. The summed E-state index contributed by atoms with van der Waals surface area (Å²) >= 11 is 18.1. The van der Waals surface area contributed by atoms with E-state index in [9.17, 15) is 9.59 Å². The molecule has 0 saturated carbocycles. The van der Waals surface area contributed by atoms with Crippen LogP contribution in [-0.2, 0) is 14.3 Å². The molecule has 2 aromatic rings. The van der Waals surface area contributed by atoms with E-state index in [0.717, 1.165) is 0 Å². The summed E-state index contributed by atoms with van der Waals surface area (Å²) in [6, 6.07) is 12.5. The molecule has 1 unspecified atom stereocenters. The minimum absolute atomic E-state index is 0.247. The SMILES string of the molecule is CCOC(=O)CCCNC(=S)NC1N=C(c2ccccc2Cl)c2cc(Cl)ccc2N(C)C1=O. The van der Waals surface area contributed by atoms with Crippen LogP contribution in [0, 0.1) is 0 Å². The minimum Gasteiger partial charge on any atom is -0.466 e. The molecule has 0 aliphatic carbocycles. The van der Waals surface area contributed by atoms with Gasteiger partial charge in [-0.25, -0.2) is 4.99 Å². The number of nitrogens with one attached hydrogen (secondary N) is 2. The quantitative estimate of drug-likeness (QED) is 0.336. The lowest BCUT2D eigenvalue weighted by atomic mass is 10.00. The molecule has 1 heterocycles. The summed E-state index contributed by atoms with van der Waals surface area (Å²) in [5.74, 6) is -0.555. The van der Waals surface area contributed by atoms with Gasteiger partial charge in [0.15, 0.2) is 5.11 Å². The highest BCUT2D eigenvalue weighted by Crippen LogP contribution is 2.31. The van der Waals surface area contributed by atoms with Crippen LogP contribution in [0.2, 0.25) is 10.0 Å². The summed E-state index contributed by atoms with van der Waals surface area (Å²) in [7, 11) is 1.67. The van der Waals surface area contributed by atoms with Gasteiger partial charge in [-0.2, -0.15) is 0 Å². The molecule has 1 atom stereocenters. The van der Waals surface area contributed by atoms with Crippen molar-refractivity contribution in [2.45, 2.75) is 25.9 Å². The fourth-order valence-electron chi connectivity index (χ4n) is 3.35. The van der Waals surface area contributed by atoms with Crippen molar-refractivity contribution in [3.05, 3.63) is 63.6 Å². The number of fused-ring (bicyclic) bond motifs is 1. The zero-order valence-electron chi connectivity index (χ0n) is 18.2. The van der Waals surface area contributed by atoms with Gasteiger partial charge in [-0.15, -0.1) is 0 Å². The predicted octanol–water partition coefficient (Wildman–Crippen LogP) is 3.94. The maximum atomic E-state index is 13.2. The molecule has 1 amide bonds. The van der Waals surface area contributed by atoms with Crippen LogP contribution < -0.4 is 15.5 Å². The topological polar surface area (TPSA) is 83.0 Å². The fourth-order valence-corrected chi connectivity index (χ4v) is 3.96. The van der Waals surface area contributed by atoms with Crippen LogP contribution in [0.1, 0.15) is 30.9 Å². The van der Waals surface area contributed by atoms with Gasteiger partial charge in [0.2, 0.25) is 6.17 Å². The van der Waals surface area contributed by atoms with Crippen molar-refractivity contribution in [1.82, 2.24) is 10.6 Å². The van der Waals surface area contributed by atoms with Gasteiger partial charge in [0, 0.05) is 41.2 Å². The molecular formula is C23H24Cl2N4O3S. The Morgan fingerprint density at radius 2 is 1.97 bits per heavy atom. The average molecular weight is 507 g/mol. The van der Waals surface area contributed by atoms with Crippen molar-refractivity contribution in [2.24, 2.45) is 4.99 Å². The van der Waals surface area contributed by atoms with Crippen LogP contribution in [0.15, 0.2) is 47.5 Å². The maximum Gasteiger partial charge on any atom is 0.305 e. The van der Waals surface area contributed by atoms with Crippen molar-refractivity contribution in [1.29, 1.82) is 0 Å². The summed E-state index contributed by atoms with van der Waals surface area (Å²) in [5, 5.41) is 7.23. The molecule has 2 aromatic carbocycles. The highest BCUT2D eigenvalue weighted by atomic mass is 35.5. The number of hydrogen-bond acceptors (Lipinski definition) is 5. The predicted molar refractivity (Wildman–Crippen MR) is 135 cm³/mol. The van der Waals surface area contributed by atoms with E-state index in [1.54, 1.807) is 38.2 Å². The molecule has 0 fully saturated rings. The van der Waals surface area contributed by atoms with E-state index in [0.29, 0.717) is 52.1 Å². The molecule has 2 N–H and O–H groups in total. The maximum absolute atomic E-state index is 13.2. The summed E-state index contributed by atoms with van der Waals surface area (Å²) < 4.78 is 4.91. The van der Waals surface area contributed by atoms with Gasteiger partial charge in [0.25, 0.3) is 5.91 Å². The van der Waals surface area contributed by atoms with Crippen LogP contribution in [0.5, 0.6) is 0 Å². The van der Waals surface area contributed by atoms with Crippen LogP contribution in [0.4, 0.5) is 5.69 Å². The third-order valence-electron chi connectivity index (χ3n) is 4.94. The Balaban J connectivity index is 1.85. The number of anilines is 1. The van der Waals surface area contributed by atoms with E-state index >= 15 is 0 Å². The number of halogens is 2. The molecule has 0 spiro atoms. The lowest BCUT2D eigenvalue weighted by Gasteiger charge is -2.22. The van der Waals surface area contributed by atoms with E-state index in [1.165, 1.54) is 4.90 Å². The largest absolute Gasteiger partial charge is 0.466 e. The smallest absolute Gasteiger partial charge is 0.305 e. The molecule has 0 saturated heterocycles. The molecule has 174 valence electrons. The number of carbonyl (C=O) groups is 2. The van der Waals surface area contributed by atoms with E-state index in [1.807, 2.05) is 18.2 Å². The Morgan fingerprint density at radius 3 is 2.70 bits per heavy atom. The number of hydrogen-bond donors (Lipinski definition) is 2. The fraction of sp³-hybridized carbons (Fsp3) is 0.304. The van der Waals surface area contributed by atoms with E-state index in [2.05, 4.69) is 10.6 Å². The number of ether oxygens (including phenoxy) is 1. The van der Waals surface area contributed by atoms with E-state index in [-0.39, 0.29) is 23.4 Å². The van der Waals surface area contributed by atoms with Gasteiger partial charge in [0.05, 0.1) is 18.0 Å². The first-order valence-corrected chi connectivity index (χ1v) is 11.6. The Bertz CT molecular complexity index is 1090. The third-order valence-corrected chi connectivity index (χ3v) is 5.77. The number of aliphatic imine (C=N–C) groups is 1. The van der Waals surface area contributed by atoms with Gasteiger partial charge in [0.1, 0.15) is 0 Å². The monoisotopic (exact) mass is 506 g/mol. The highest BCUT2D eigenvalue weighted by molar-refractivity contribution is 7.80. The Kier molecular flexibility index (Phi) is 8.66. The van der Waals surface area contributed by atoms with Crippen molar-refractivity contribution < 1.29 is 14.3 Å². The lowest BCUT2D eigenvalue weighted by molar-refractivity contribution is -0.143. The molecule has 1 aliphatic heterocycles. The summed E-state index contributed by atoms with van der Waals surface area (Å²) in [6.45, 7) is 2.56. The van der Waals surface area contributed by atoms with Gasteiger partial charge in [-0.1, -0.05) is 41.4 Å². The molecule has 33 heavy (non-hydrogen) atoms. The lowest BCUT2D eigenvalue weighted by Crippen LogP contribution is -2.49. The van der Waals surface area contributed by atoms with Crippen molar-refractivity contribution in [3.8, 4) is 0 Å². The Hall–Kier alpha value is -2.68. The van der Waals surface area contributed by atoms with Crippen LogP contribution >= 0.6 is 35.4 Å². The van der Waals surface area contributed by atoms with Crippen LogP contribution in [0.3, 0.4) is 0 Å². The number of esters is 1. The number of amides is 1. The second-order valence-corrected chi connectivity index (χ2v) is 8.48. The Labute approximate surface area is 208 Å². The number of benzodiazepines with no additional fused rings is 1. The van der Waals surface area contributed by atoms with Crippen molar-refractivity contribution in [2.75, 3.05) is 25.1 Å². The van der Waals surface area contributed by atoms with Gasteiger partial charge >= 0.3 is 5.97 Å². The second kappa shape index (κ2) is 11.4. The molecule has 1 aliphatic rings. The van der Waals surface area contributed by atoms with Crippen molar-refractivity contribution >= 4 is 63.8 Å². The molecule has 7 nitrogen and oxygen atoms in total. The van der Waals surface area contributed by atoms with E-state index < -0.39 is 6.17 Å². The number of nitrogens with zero attached hydrogens (tertiary/aromatic N) is 2. The zero-order chi connectivity index (χ0) is 24.0. The summed E-state index contributed by atoms with van der Waals surface area (Å²) in [6.07, 6.45) is -0.172. The van der Waals surface area contributed by atoms with Crippen molar-refractivity contribution in [3.63, 3.8) is 0 Å². The summed E-state index contributed by atoms with van der Waals surface area (Å²) in [5.41, 5.74) is 2.54. The van der Waals surface area contributed by atoms with E-state index in [4.69, 9.17) is 45.1 Å². The first-order valence-electron chi connectivity index (χ1n) is 10.4. The molecule has 3 rings (SSSR count). The van der Waals surface area contributed by atoms with Crippen LogP contribution in [-0.4, -0.2) is 49.1 Å². The zero-order valence-corrected chi connectivity index (χ0v) is 20.6. The molecule has 0 aromatic heterocycles. The van der Waals surface area contributed by atoms with Gasteiger partial charge in [-0.3, -0.25) is 9.59 Å². The highest BCUT2D eigenvalue weighted by Gasteiger charge is 2.31. The summed E-state index contributed by atoms with van der Waals surface area (Å²) in [4.78, 5) is 30.9. The molecular weight excluding hydrogens is 483 g/mol. The number of rotatable bonds is 7. The number of carbonyl (C=O) groups excluding carboxylic acids is 2. The van der Waals surface area contributed by atoms with Gasteiger partial charge < -0.3 is 20.3 Å². The standard InChI is InChI=1S/C23H24Cl2N4O3S/c1-3-32-19(30)9-6-12-26-23(33)28-21-22(31)29(2)18-11-10-14(24)13-16(18)20(27-21)15-7-4-5-8-17(15)25/h4-5,7-8,10-11,13,21H,3,6,9,12H2,1-2H3,(H2,26,28,33). The molecule has 0 bridgehead atoms. The van der Waals surface area contributed by atoms with Crippen LogP contribution in [0.25, 0.3) is 0 Å². The second-order valence-electron chi connectivity index (χ2n) is 7.23. The normalized spacial score (nSPS) is 15.3. The number of likely N-dealkylation sites (N-methyl/N-ethyl adjacent to an activating group) is 1. The first-order chi connectivity index (χ1) is 15.8. The van der Waals surface area contributed by atoms with Gasteiger partial charge in [-0.05, 0) is 49.8 Å². The first kappa shape index (κ1) is 25.0. The molecule has 10 heteroatoms. The average Bonchev–Trinajstić information content (AvgIpc) is 2.88. The number of thiocarbonyl (C=S) groups is 1.